The van der Waals surface area contributed by atoms with Crippen molar-refractivity contribution in [3.63, 3.8) is 0 Å². The van der Waals surface area contributed by atoms with Crippen LogP contribution in [0.25, 0.3) is 0 Å². The van der Waals surface area contributed by atoms with Crippen LogP contribution < -0.4 is 10.5 Å². The van der Waals surface area contributed by atoms with Gasteiger partial charge in [0.1, 0.15) is 0 Å². The molecule has 0 saturated heterocycles. The molecule has 1 rings (SSSR count). The van der Waals surface area contributed by atoms with E-state index in [1.165, 1.54) is 0 Å². The van der Waals surface area contributed by atoms with Gasteiger partial charge in [-0.3, -0.25) is 0 Å². The van der Waals surface area contributed by atoms with E-state index in [-0.39, 0.29) is 11.7 Å². The van der Waals surface area contributed by atoms with Gasteiger partial charge >= 0.3 is 0 Å². The Kier molecular flexibility index (Phi) is 5.52. The van der Waals surface area contributed by atoms with Crippen LogP contribution in [-0.4, -0.2) is 26.3 Å². The molecule has 0 radical (unpaired) electrons. The predicted molar refractivity (Wildman–Crippen MR) is 79.5 cm³/mol. The van der Waals surface area contributed by atoms with Crippen LogP contribution in [0.15, 0.2) is 30.3 Å². The summed E-state index contributed by atoms with van der Waals surface area (Å²) in [4.78, 5) is 0. The molecule has 0 bridgehead atoms. The Bertz CT molecular complexity index is 481. The van der Waals surface area contributed by atoms with E-state index in [9.17, 15) is 8.42 Å². The normalized spacial score (nSPS) is 16.8. The highest BCUT2D eigenvalue weighted by molar-refractivity contribution is 7.89. The van der Waals surface area contributed by atoms with E-state index in [2.05, 4.69) is 4.72 Å². The molecule has 0 spiro atoms. The lowest BCUT2D eigenvalue weighted by atomic mass is 10.0. The summed E-state index contributed by atoms with van der Waals surface area (Å²) in [6, 6.07) is 9.65. The Balaban J connectivity index is 2.75. The first kappa shape index (κ1) is 16.1. The Morgan fingerprint density at radius 2 is 1.89 bits per heavy atom. The first-order chi connectivity index (χ1) is 8.82. The molecule has 108 valence electrons. The largest absolute Gasteiger partial charge is 0.329 e. The molecule has 0 amide bonds. The lowest BCUT2D eigenvalue weighted by molar-refractivity contribution is 0.410. The van der Waals surface area contributed by atoms with E-state index >= 15 is 0 Å². The van der Waals surface area contributed by atoms with Crippen molar-refractivity contribution in [2.45, 2.75) is 38.6 Å². The summed E-state index contributed by atoms with van der Waals surface area (Å²) in [5.74, 6) is 0.0321. The quantitative estimate of drug-likeness (QED) is 0.802. The number of rotatable bonds is 7. The van der Waals surface area contributed by atoms with Crippen molar-refractivity contribution < 1.29 is 8.42 Å². The topological polar surface area (TPSA) is 72.2 Å². The molecule has 2 unspecified atom stereocenters. The van der Waals surface area contributed by atoms with Crippen molar-refractivity contribution in [1.29, 1.82) is 0 Å². The van der Waals surface area contributed by atoms with Gasteiger partial charge < -0.3 is 5.73 Å². The fourth-order valence-corrected chi connectivity index (χ4v) is 3.79. The highest BCUT2D eigenvalue weighted by atomic mass is 32.2. The average molecular weight is 284 g/mol. The number of sulfonamides is 1. The predicted octanol–water partition coefficient (Wildman–Crippen LogP) is 1.84. The fourth-order valence-electron chi connectivity index (χ4n) is 1.88. The Labute approximate surface area is 116 Å². The summed E-state index contributed by atoms with van der Waals surface area (Å²) in [5.41, 5.74) is 6.11. The minimum atomic E-state index is -3.34. The summed E-state index contributed by atoms with van der Waals surface area (Å²) < 4.78 is 27.1. The molecule has 2 atom stereocenters. The third-order valence-electron chi connectivity index (χ3n) is 3.47. The molecular weight excluding hydrogens is 260 g/mol. The smallest absolute Gasteiger partial charge is 0.212 e. The van der Waals surface area contributed by atoms with Crippen LogP contribution in [0.4, 0.5) is 0 Å². The van der Waals surface area contributed by atoms with E-state index in [1.807, 2.05) is 51.1 Å². The van der Waals surface area contributed by atoms with Gasteiger partial charge in [0.05, 0.1) is 5.75 Å². The van der Waals surface area contributed by atoms with Crippen LogP contribution in [0.3, 0.4) is 0 Å². The van der Waals surface area contributed by atoms with E-state index in [0.717, 1.165) is 5.56 Å². The highest BCUT2D eigenvalue weighted by Crippen LogP contribution is 2.18. The van der Waals surface area contributed by atoms with Crippen LogP contribution in [-0.2, 0) is 10.0 Å². The van der Waals surface area contributed by atoms with Crippen molar-refractivity contribution in [3.8, 4) is 0 Å². The van der Waals surface area contributed by atoms with Crippen LogP contribution in [0, 0.1) is 0 Å². The first-order valence-electron chi connectivity index (χ1n) is 6.58. The second kappa shape index (κ2) is 6.50. The molecule has 0 aromatic heterocycles. The maximum atomic E-state index is 12.2. The molecule has 0 aliphatic carbocycles. The second-order valence-electron chi connectivity index (χ2n) is 5.31. The Hall–Kier alpha value is -0.910. The summed E-state index contributed by atoms with van der Waals surface area (Å²) in [6.07, 6.45) is 0.669. The van der Waals surface area contributed by atoms with Gasteiger partial charge in [0.25, 0.3) is 0 Å². The van der Waals surface area contributed by atoms with Gasteiger partial charge in [-0.1, -0.05) is 44.2 Å². The van der Waals surface area contributed by atoms with Gasteiger partial charge in [-0.05, 0) is 24.8 Å². The van der Waals surface area contributed by atoms with Crippen LogP contribution in [0.5, 0.6) is 0 Å². The van der Waals surface area contributed by atoms with Crippen LogP contribution in [0.2, 0.25) is 0 Å². The van der Waals surface area contributed by atoms with Crippen molar-refractivity contribution >= 4 is 10.0 Å². The van der Waals surface area contributed by atoms with Gasteiger partial charge in [0, 0.05) is 12.1 Å². The van der Waals surface area contributed by atoms with Crippen molar-refractivity contribution in [2.24, 2.45) is 5.73 Å². The first-order valence-corrected chi connectivity index (χ1v) is 8.24. The summed E-state index contributed by atoms with van der Waals surface area (Å²) in [5, 5.41) is 0. The third-order valence-corrected chi connectivity index (χ3v) is 5.21. The number of nitrogens with one attached hydrogen (secondary N) is 1. The van der Waals surface area contributed by atoms with Crippen molar-refractivity contribution in [3.05, 3.63) is 35.9 Å². The number of hydrogen-bond donors (Lipinski definition) is 2. The zero-order chi connectivity index (χ0) is 14.5. The Morgan fingerprint density at radius 1 is 1.32 bits per heavy atom. The van der Waals surface area contributed by atoms with Gasteiger partial charge in [-0.15, -0.1) is 0 Å². The van der Waals surface area contributed by atoms with Crippen LogP contribution in [0.1, 0.15) is 38.7 Å². The maximum absolute atomic E-state index is 12.2. The third kappa shape index (κ3) is 4.93. The average Bonchev–Trinajstić information content (AvgIpc) is 2.38. The van der Waals surface area contributed by atoms with Crippen molar-refractivity contribution in [2.75, 3.05) is 12.3 Å². The highest BCUT2D eigenvalue weighted by Gasteiger charge is 2.27. The van der Waals surface area contributed by atoms with E-state index < -0.39 is 15.6 Å². The van der Waals surface area contributed by atoms with Gasteiger partial charge in [0.15, 0.2) is 0 Å². The van der Waals surface area contributed by atoms with Crippen LogP contribution >= 0.6 is 0 Å². The molecule has 0 saturated carbocycles. The molecule has 0 heterocycles. The molecule has 5 heteroatoms. The summed E-state index contributed by atoms with van der Waals surface area (Å²) >= 11 is 0. The van der Waals surface area contributed by atoms with E-state index in [1.54, 1.807) is 0 Å². The monoisotopic (exact) mass is 284 g/mol. The minimum Gasteiger partial charge on any atom is -0.329 e. The zero-order valence-electron chi connectivity index (χ0n) is 11.9. The molecule has 0 aliphatic heterocycles. The standard InChI is InChI=1S/C14H24N2O2S/c1-4-14(3,11-15)16-19(17,18)10-12(2)13-8-6-5-7-9-13/h5-9,12,16H,4,10-11,15H2,1-3H3. The van der Waals surface area contributed by atoms with Gasteiger partial charge in [-0.25, -0.2) is 13.1 Å². The minimum absolute atomic E-state index is 0.0439. The molecule has 1 aromatic rings. The molecule has 1 aromatic carbocycles. The molecule has 0 fully saturated rings. The van der Waals surface area contributed by atoms with Crippen molar-refractivity contribution in [1.82, 2.24) is 4.72 Å². The maximum Gasteiger partial charge on any atom is 0.212 e. The molecule has 0 aliphatic rings. The molecular formula is C14H24N2O2S. The lowest BCUT2D eigenvalue weighted by Gasteiger charge is -2.28. The zero-order valence-corrected chi connectivity index (χ0v) is 12.7. The molecule has 19 heavy (non-hydrogen) atoms. The summed E-state index contributed by atoms with van der Waals surface area (Å²) in [7, 11) is -3.34. The van der Waals surface area contributed by atoms with E-state index in [0.29, 0.717) is 13.0 Å². The van der Waals surface area contributed by atoms with Gasteiger partial charge in [0.2, 0.25) is 10.0 Å². The SMILES string of the molecule is CCC(C)(CN)NS(=O)(=O)CC(C)c1ccccc1. The number of benzene rings is 1. The van der Waals surface area contributed by atoms with Gasteiger partial charge in [-0.2, -0.15) is 0 Å². The second-order valence-corrected chi connectivity index (χ2v) is 7.08. The Morgan fingerprint density at radius 3 is 2.37 bits per heavy atom. The summed E-state index contributed by atoms with van der Waals surface area (Å²) in [6.45, 7) is 5.97. The van der Waals surface area contributed by atoms with E-state index in [4.69, 9.17) is 5.73 Å². The number of nitrogens with two attached hydrogens (primary N) is 1. The molecule has 4 nitrogen and oxygen atoms in total. The molecule has 3 N–H and O–H groups in total. The number of hydrogen-bond acceptors (Lipinski definition) is 3. The fraction of sp³-hybridized carbons (Fsp3) is 0.571. The lowest BCUT2D eigenvalue weighted by Crippen LogP contribution is -2.51.